The third-order valence-corrected chi connectivity index (χ3v) is 4.31. The van der Waals surface area contributed by atoms with E-state index >= 15 is 0 Å². The van der Waals surface area contributed by atoms with Crippen LogP contribution in [0, 0.1) is 17.8 Å². The van der Waals surface area contributed by atoms with E-state index in [9.17, 15) is 0 Å². The van der Waals surface area contributed by atoms with Crippen LogP contribution in [0.2, 0.25) is 0 Å². The molecule has 0 amide bonds. The van der Waals surface area contributed by atoms with Crippen molar-refractivity contribution >= 4 is 0 Å². The fourth-order valence-electron chi connectivity index (χ4n) is 3.47. The first-order valence-corrected chi connectivity index (χ1v) is 5.94. The lowest BCUT2D eigenvalue weighted by Gasteiger charge is -2.10. The maximum atomic E-state index is 6.30. The predicted molar refractivity (Wildman–Crippen MR) is 55.6 cm³/mol. The van der Waals surface area contributed by atoms with Gasteiger partial charge in [-0.2, -0.15) is 0 Å². The molecule has 2 fully saturated rings. The number of nitrogens with two attached hydrogens (primary N) is 1. The first-order valence-electron chi connectivity index (χ1n) is 5.94. The van der Waals surface area contributed by atoms with Gasteiger partial charge in [-0.05, 0) is 36.2 Å². The molecular weight excluding hydrogens is 174 g/mol. The number of fused-ring (bicyclic) bond motifs is 1. The zero-order valence-electron chi connectivity index (χ0n) is 8.61. The van der Waals surface area contributed by atoms with Gasteiger partial charge in [0, 0.05) is 12.5 Å². The summed E-state index contributed by atoms with van der Waals surface area (Å²) >= 11 is 0. The van der Waals surface area contributed by atoms with Crippen LogP contribution in [-0.4, -0.2) is 12.6 Å². The molecule has 0 radical (unpaired) electrons. The van der Waals surface area contributed by atoms with Gasteiger partial charge in [0.2, 0.25) is 0 Å². The highest BCUT2D eigenvalue weighted by atomic mass is 16.5. The number of hydrogen-bond acceptors (Lipinski definition) is 2. The van der Waals surface area contributed by atoms with Gasteiger partial charge < -0.3 is 10.5 Å². The van der Waals surface area contributed by atoms with Crippen LogP contribution < -0.4 is 5.73 Å². The highest BCUT2D eigenvalue weighted by Crippen LogP contribution is 2.57. The lowest BCUT2D eigenvalue weighted by molar-refractivity contribution is 0.281. The Kier molecular flexibility index (Phi) is 2.05. The van der Waals surface area contributed by atoms with Crippen LogP contribution in [0.25, 0.3) is 0 Å². The third-order valence-electron chi connectivity index (χ3n) is 4.31. The fourth-order valence-corrected chi connectivity index (χ4v) is 3.47. The molecule has 1 aliphatic heterocycles. The minimum absolute atomic E-state index is 0.311. The molecule has 78 valence electrons. The second-order valence-electron chi connectivity index (χ2n) is 5.03. The zero-order valence-corrected chi connectivity index (χ0v) is 8.61. The molecular formula is C12H19NO. The maximum Gasteiger partial charge on any atom is 0.0912 e. The Balaban J connectivity index is 1.66. The minimum Gasteiger partial charge on any atom is -0.501 e. The van der Waals surface area contributed by atoms with Crippen molar-refractivity contribution < 1.29 is 4.74 Å². The molecule has 3 rings (SSSR count). The number of ether oxygens (including phenoxy) is 1. The summed E-state index contributed by atoms with van der Waals surface area (Å²) in [5.74, 6) is 2.71. The Morgan fingerprint density at radius 2 is 2.00 bits per heavy atom. The van der Waals surface area contributed by atoms with Crippen LogP contribution >= 0.6 is 0 Å². The molecule has 0 spiro atoms. The van der Waals surface area contributed by atoms with Gasteiger partial charge in [-0.25, -0.2) is 0 Å². The van der Waals surface area contributed by atoms with Gasteiger partial charge in [0.15, 0.2) is 0 Å². The van der Waals surface area contributed by atoms with E-state index in [0.29, 0.717) is 6.04 Å². The molecule has 1 heterocycles. The molecule has 3 aliphatic rings. The van der Waals surface area contributed by atoms with Crippen LogP contribution in [0.15, 0.2) is 11.8 Å². The van der Waals surface area contributed by atoms with Crippen LogP contribution in [0.3, 0.4) is 0 Å². The summed E-state index contributed by atoms with van der Waals surface area (Å²) in [7, 11) is 0. The normalized spacial score (nSPS) is 42.4. The van der Waals surface area contributed by atoms with Crippen LogP contribution in [0.1, 0.15) is 32.1 Å². The van der Waals surface area contributed by atoms with E-state index in [4.69, 9.17) is 10.5 Å². The standard InChI is InChI=1S/C12H19NO/c13-12(8-5-6-14-7-8)11-9-3-1-2-4-10(9)11/h7,9-12H,1-6,13H2. The molecule has 0 saturated heterocycles. The zero-order chi connectivity index (χ0) is 9.54. The number of hydrogen-bond donors (Lipinski definition) is 1. The molecule has 0 aromatic rings. The van der Waals surface area contributed by atoms with Gasteiger partial charge in [-0.15, -0.1) is 0 Å². The van der Waals surface area contributed by atoms with E-state index < -0.39 is 0 Å². The fraction of sp³-hybridized carbons (Fsp3) is 0.833. The van der Waals surface area contributed by atoms with Crippen molar-refractivity contribution in [3.8, 4) is 0 Å². The molecule has 0 bridgehead atoms. The second kappa shape index (κ2) is 3.27. The maximum absolute atomic E-state index is 6.30. The monoisotopic (exact) mass is 193 g/mol. The Morgan fingerprint density at radius 3 is 2.57 bits per heavy atom. The molecule has 3 unspecified atom stereocenters. The van der Waals surface area contributed by atoms with Crippen LogP contribution in [0.4, 0.5) is 0 Å². The third kappa shape index (κ3) is 1.28. The summed E-state index contributed by atoms with van der Waals surface area (Å²) < 4.78 is 5.27. The molecule has 14 heavy (non-hydrogen) atoms. The van der Waals surface area contributed by atoms with Gasteiger partial charge in [0.25, 0.3) is 0 Å². The molecule has 0 aromatic heterocycles. The predicted octanol–water partition coefficient (Wildman–Crippen LogP) is 2.05. The van der Waals surface area contributed by atoms with Gasteiger partial charge in [0.05, 0.1) is 12.9 Å². The summed E-state index contributed by atoms with van der Waals surface area (Å²) in [5, 5.41) is 0. The summed E-state index contributed by atoms with van der Waals surface area (Å²) in [6.07, 6.45) is 8.69. The van der Waals surface area contributed by atoms with Gasteiger partial charge in [-0.1, -0.05) is 12.8 Å². The first-order chi connectivity index (χ1) is 6.88. The lowest BCUT2D eigenvalue weighted by atomic mass is 10.0. The lowest BCUT2D eigenvalue weighted by Crippen LogP contribution is -2.26. The van der Waals surface area contributed by atoms with Gasteiger partial charge >= 0.3 is 0 Å². The largest absolute Gasteiger partial charge is 0.501 e. The SMILES string of the molecule is NC(C1=COCC1)C1C2CCCCC21. The minimum atomic E-state index is 0.311. The van der Waals surface area contributed by atoms with E-state index in [-0.39, 0.29) is 0 Å². The molecule has 2 heteroatoms. The highest BCUT2D eigenvalue weighted by Gasteiger charge is 2.53. The average Bonchev–Trinajstić information content (AvgIpc) is 2.70. The molecule has 2 saturated carbocycles. The van der Waals surface area contributed by atoms with E-state index in [0.717, 1.165) is 30.8 Å². The first kappa shape index (κ1) is 8.78. The van der Waals surface area contributed by atoms with Crippen molar-refractivity contribution in [2.24, 2.45) is 23.5 Å². The quantitative estimate of drug-likeness (QED) is 0.728. The Hall–Kier alpha value is -0.500. The van der Waals surface area contributed by atoms with Crippen molar-refractivity contribution in [1.82, 2.24) is 0 Å². The molecule has 2 N–H and O–H groups in total. The van der Waals surface area contributed by atoms with Gasteiger partial charge in [0.1, 0.15) is 0 Å². The summed E-state index contributed by atoms with van der Waals surface area (Å²) in [6.45, 7) is 0.852. The second-order valence-corrected chi connectivity index (χ2v) is 5.03. The van der Waals surface area contributed by atoms with Crippen molar-refractivity contribution in [2.45, 2.75) is 38.1 Å². The van der Waals surface area contributed by atoms with E-state index in [1.54, 1.807) is 0 Å². The summed E-state index contributed by atoms with van der Waals surface area (Å²) in [6, 6.07) is 0.311. The van der Waals surface area contributed by atoms with Crippen LogP contribution in [0.5, 0.6) is 0 Å². The number of rotatable bonds is 2. The van der Waals surface area contributed by atoms with E-state index in [2.05, 4.69) is 0 Å². The van der Waals surface area contributed by atoms with E-state index in [1.165, 1.54) is 31.3 Å². The van der Waals surface area contributed by atoms with Crippen LogP contribution in [-0.2, 0) is 4.74 Å². The highest BCUT2D eigenvalue weighted by molar-refractivity contribution is 5.19. The molecule has 2 nitrogen and oxygen atoms in total. The smallest absolute Gasteiger partial charge is 0.0912 e. The molecule has 3 atom stereocenters. The Bertz CT molecular complexity index is 249. The van der Waals surface area contributed by atoms with Crippen molar-refractivity contribution in [3.63, 3.8) is 0 Å². The van der Waals surface area contributed by atoms with Gasteiger partial charge in [-0.3, -0.25) is 0 Å². The van der Waals surface area contributed by atoms with Crippen molar-refractivity contribution in [3.05, 3.63) is 11.8 Å². The van der Waals surface area contributed by atoms with Crippen molar-refractivity contribution in [2.75, 3.05) is 6.61 Å². The molecule has 2 aliphatic carbocycles. The molecule has 0 aromatic carbocycles. The Morgan fingerprint density at radius 1 is 1.29 bits per heavy atom. The van der Waals surface area contributed by atoms with Crippen molar-refractivity contribution in [1.29, 1.82) is 0 Å². The summed E-state index contributed by atoms with van der Waals surface area (Å²) in [5.41, 5.74) is 7.66. The summed E-state index contributed by atoms with van der Waals surface area (Å²) in [4.78, 5) is 0. The average molecular weight is 193 g/mol. The topological polar surface area (TPSA) is 35.2 Å². The Labute approximate surface area is 85.5 Å². The van der Waals surface area contributed by atoms with E-state index in [1.807, 2.05) is 6.26 Å².